The van der Waals surface area contributed by atoms with Gasteiger partial charge in [0.2, 0.25) is 0 Å². The van der Waals surface area contributed by atoms with Gasteiger partial charge in [-0.2, -0.15) is 0 Å². The zero-order valence-corrected chi connectivity index (χ0v) is 13.3. The lowest BCUT2D eigenvalue weighted by Crippen LogP contribution is -2.03. The number of carbonyl (C=O) groups is 2. The summed E-state index contributed by atoms with van der Waals surface area (Å²) < 4.78 is 10.4. The van der Waals surface area contributed by atoms with E-state index in [2.05, 4.69) is 6.58 Å². The Morgan fingerprint density at radius 1 is 0.957 bits per heavy atom. The quantitative estimate of drug-likeness (QED) is 0.334. The van der Waals surface area contributed by atoms with E-state index in [1.165, 1.54) is 12.1 Å². The molecule has 0 unspecified atom stereocenters. The molecule has 0 bridgehead atoms. The topological polar surface area (TPSA) is 72.5 Å². The molecule has 0 fully saturated rings. The average molecular weight is 319 g/mol. The Morgan fingerprint density at radius 3 is 2.22 bits per heavy atom. The molecule has 23 heavy (non-hydrogen) atoms. The second kappa shape index (κ2) is 11.3. The van der Waals surface area contributed by atoms with Crippen LogP contribution in [0.15, 0.2) is 36.9 Å². The van der Waals surface area contributed by atoms with Gasteiger partial charge >= 0.3 is 11.9 Å². The molecule has 0 aliphatic rings. The van der Waals surface area contributed by atoms with Crippen molar-refractivity contribution in [2.24, 2.45) is 0 Å². The lowest BCUT2D eigenvalue weighted by atomic mass is 10.1. The Labute approximate surface area is 136 Å². The first-order valence-corrected chi connectivity index (χ1v) is 7.87. The van der Waals surface area contributed by atoms with Gasteiger partial charge in [-0.3, -0.25) is 0 Å². The summed E-state index contributed by atoms with van der Waals surface area (Å²) in [4.78, 5) is 21.7. The highest BCUT2D eigenvalue weighted by Gasteiger charge is 2.11. The van der Waals surface area contributed by atoms with E-state index in [9.17, 15) is 14.7 Å². The summed E-state index contributed by atoms with van der Waals surface area (Å²) >= 11 is 0. The molecule has 1 aromatic rings. The summed E-state index contributed by atoms with van der Waals surface area (Å²) in [6, 6.07) is 6.49. The van der Waals surface area contributed by atoms with E-state index >= 15 is 0 Å². The molecule has 1 aromatic carbocycles. The molecule has 1 rings (SSSR count). The fourth-order valence-corrected chi connectivity index (χ4v) is 2.09. The molecule has 0 saturated heterocycles. The zero-order chi connectivity index (χ0) is 16.9. The van der Waals surface area contributed by atoms with Crippen LogP contribution in [-0.2, 0) is 14.6 Å². The van der Waals surface area contributed by atoms with E-state index < -0.39 is 5.97 Å². The zero-order valence-electron chi connectivity index (χ0n) is 13.3. The molecule has 0 N–H and O–H groups in total. The van der Waals surface area contributed by atoms with Gasteiger partial charge in [-0.25, -0.2) is 14.7 Å². The smallest absolute Gasteiger partial charge is 0.390 e. The van der Waals surface area contributed by atoms with Crippen molar-refractivity contribution in [3.8, 4) is 5.75 Å². The molecule has 0 aliphatic carbocycles. The molecule has 1 radical (unpaired) electrons. The summed E-state index contributed by atoms with van der Waals surface area (Å²) in [7, 11) is 0. The molecule has 0 amide bonds. The van der Waals surface area contributed by atoms with Crippen molar-refractivity contribution in [2.45, 2.75) is 38.5 Å². The molecule has 5 heteroatoms. The van der Waals surface area contributed by atoms with E-state index in [-0.39, 0.29) is 11.5 Å². The van der Waals surface area contributed by atoms with Crippen LogP contribution in [0.25, 0.3) is 0 Å². The van der Waals surface area contributed by atoms with Crippen molar-refractivity contribution in [3.05, 3.63) is 42.5 Å². The summed E-state index contributed by atoms with van der Waals surface area (Å²) in [6.07, 6.45) is 7.06. The van der Waals surface area contributed by atoms with E-state index in [4.69, 9.17) is 9.47 Å². The third-order valence-electron chi connectivity index (χ3n) is 3.31. The first-order chi connectivity index (χ1) is 11.1. The van der Waals surface area contributed by atoms with Crippen LogP contribution in [0.2, 0.25) is 0 Å². The molecule has 5 nitrogen and oxygen atoms in total. The van der Waals surface area contributed by atoms with Crippen molar-refractivity contribution >= 4 is 11.9 Å². The number of unbranched alkanes of at least 4 members (excludes halogenated alkanes) is 5. The van der Waals surface area contributed by atoms with Crippen LogP contribution >= 0.6 is 0 Å². The highest BCUT2D eigenvalue weighted by Crippen LogP contribution is 2.18. The molecule has 125 valence electrons. The summed E-state index contributed by atoms with van der Waals surface area (Å²) in [5.74, 6) is -1.24. The van der Waals surface area contributed by atoms with Gasteiger partial charge in [-0.15, -0.1) is 0 Å². The van der Waals surface area contributed by atoms with Crippen LogP contribution in [0, 0.1) is 0 Å². The first kappa shape index (κ1) is 18.7. The molecule has 0 atom stereocenters. The van der Waals surface area contributed by atoms with Crippen molar-refractivity contribution in [1.29, 1.82) is 0 Å². The monoisotopic (exact) mass is 319 g/mol. The minimum Gasteiger partial charge on any atom is -0.493 e. The predicted molar refractivity (Wildman–Crippen MR) is 85.8 cm³/mol. The third kappa shape index (κ3) is 8.04. The molecular formula is C18H23O5. The maximum absolute atomic E-state index is 10.9. The summed E-state index contributed by atoms with van der Waals surface area (Å²) in [5, 5.41) is 10.9. The molecule has 0 aromatic heterocycles. The van der Waals surface area contributed by atoms with Gasteiger partial charge in [0.25, 0.3) is 0 Å². The standard InChI is InChI=1S/C18H23O5/c1-2-17(19)23-14-10-6-4-3-5-9-13-22-16-12-8-7-11-15(16)18(20)21/h2,7-8,11-12H,1,3-6,9-10,13-14H2. The minimum atomic E-state index is -1.22. The number of hydrogen-bond donors (Lipinski definition) is 0. The Hall–Kier alpha value is -2.30. The highest BCUT2D eigenvalue weighted by molar-refractivity contribution is 5.90. The van der Waals surface area contributed by atoms with Crippen LogP contribution in [0.4, 0.5) is 0 Å². The average Bonchev–Trinajstić information content (AvgIpc) is 2.56. The highest BCUT2D eigenvalue weighted by atomic mass is 16.5. The van der Waals surface area contributed by atoms with E-state index in [1.54, 1.807) is 18.2 Å². The van der Waals surface area contributed by atoms with Gasteiger partial charge in [0, 0.05) is 6.08 Å². The lowest BCUT2D eigenvalue weighted by Gasteiger charge is -2.08. The number of rotatable bonds is 12. The number of carbonyl (C=O) groups excluding carboxylic acids is 2. The molecule has 0 saturated carbocycles. The number of para-hydroxylation sites is 1. The predicted octanol–water partition coefficient (Wildman–Crippen LogP) is 3.71. The normalized spacial score (nSPS) is 10.1. The number of ether oxygens (including phenoxy) is 2. The van der Waals surface area contributed by atoms with Crippen molar-refractivity contribution in [2.75, 3.05) is 13.2 Å². The lowest BCUT2D eigenvalue weighted by molar-refractivity contribution is -0.137. The van der Waals surface area contributed by atoms with Crippen LogP contribution in [0.3, 0.4) is 0 Å². The van der Waals surface area contributed by atoms with Crippen LogP contribution < -0.4 is 4.74 Å². The van der Waals surface area contributed by atoms with Crippen molar-refractivity contribution < 1.29 is 24.2 Å². The van der Waals surface area contributed by atoms with Gasteiger partial charge in [0.05, 0.1) is 13.2 Å². The fraction of sp³-hybridized carbons (Fsp3) is 0.444. The summed E-state index contributed by atoms with van der Waals surface area (Å²) in [5.41, 5.74) is 0.0848. The summed E-state index contributed by atoms with van der Waals surface area (Å²) in [6.45, 7) is 4.26. The molecular weight excluding hydrogens is 296 g/mol. The maximum Gasteiger partial charge on any atom is 0.390 e. The first-order valence-electron chi connectivity index (χ1n) is 7.87. The third-order valence-corrected chi connectivity index (χ3v) is 3.31. The van der Waals surface area contributed by atoms with E-state index in [0.29, 0.717) is 19.0 Å². The molecule has 0 spiro atoms. The minimum absolute atomic E-state index is 0.0848. The largest absolute Gasteiger partial charge is 0.493 e. The fourth-order valence-electron chi connectivity index (χ4n) is 2.09. The van der Waals surface area contributed by atoms with E-state index in [1.807, 2.05) is 0 Å². The number of esters is 1. The van der Waals surface area contributed by atoms with Crippen LogP contribution in [-0.4, -0.2) is 25.2 Å². The van der Waals surface area contributed by atoms with Gasteiger partial charge < -0.3 is 9.47 Å². The Morgan fingerprint density at radius 2 is 1.57 bits per heavy atom. The second-order valence-electron chi connectivity index (χ2n) is 5.13. The van der Waals surface area contributed by atoms with Crippen molar-refractivity contribution in [3.63, 3.8) is 0 Å². The number of hydrogen-bond acceptors (Lipinski definition) is 4. The molecule has 0 heterocycles. The SMILES string of the molecule is C=CC(=O)OCCCCCCCCOc1ccccc1C([O])=O. The van der Waals surface area contributed by atoms with E-state index in [0.717, 1.165) is 38.5 Å². The Balaban J connectivity index is 2.03. The van der Waals surface area contributed by atoms with Crippen LogP contribution in [0.1, 0.15) is 48.9 Å². The number of benzene rings is 1. The molecule has 0 aliphatic heterocycles. The van der Waals surface area contributed by atoms with Gasteiger partial charge in [-0.1, -0.05) is 44.4 Å². The van der Waals surface area contributed by atoms with Gasteiger partial charge in [0.1, 0.15) is 11.3 Å². The Bertz CT molecular complexity index is 510. The van der Waals surface area contributed by atoms with Gasteiger partial charge in [-0.05, 0) is 25.0 Å². The van der Waals surface area contributed by atoms with Crippen molar-refractivity contribution in [1.82, 2.24) is 0 Å². The van der Waals surface area contributed by atoms with Gasteiger partial charge in [0.15, 0.2) is 0 Å². The maximum atomic E-state index is 10.9. The van der Waals surface area contributed by atoms with Crippen LogP contribution in [0.5, 0.6) is 5.75 Å². The second-order valence-corrected chi connectivity index (χ2v) is 5.13. The Kier molecular flexibility index (Phi) is 9.20.